The highest BCUT2D eigenvalue weighted by Gasteiger charge is 2.36. The number of ether oxygens (including phenoxy) is 1. The van der Waals surface area contributed by atoms with E-state index >= 15 is 0 Å². The second-order valence-electron chi connectivity index (χ2n) is 3.89. The smallest absolute Gasteiger partial charge is 0.407 e. The largest absolute Gasteiger partial charge is 0.506 e. The van der Waals surface area contributed by atoms with Gasteiger partial charge in [-0.3, -0.25) is 0 Å². The lowest BCUT2D eigenvalue weighted by Gasteiger charge is -2.17. The summed E-state index contributed by atoms with van der Waals surface area (Å²) in [5.74, 6) is -0.478. The van der Waals surface area contributed by atoms with Crippen LogP contribution in [0.2, 0.25) is 0 Å². The number of fused-ring (bicyclic) bond motifs is 1. The van der Waals surface area contributed by atoms with E-state index in [1.54, 1.807) is 10.8 Å². The Morgan fingerprint density at radius 3 is 3.00 bits per heavy atom. The van der Waals surface area contributed by atoms with Crippen LogP contribution in [-0.2, 0) is 16.0 Å². The van der Waals surface area contributed by atoms with Crippen LogP contribution >= 0.6 is 0 Å². The zero-order chi connectivity index (χ0) is 11.7. The van der Waals surface area contributed by atoms with Crippen molar-refractivity contribution >= 4 is 11.7 Å². The molecule has 1 aromatic heterocycles. The van der Waals surface area contributed by atoms with Crippen molar-refractivity contribution in [3.63, 3.8) is 0 Å². The van der Waals surface area contributed by atoms with Gasteiger partial charge >= 0.3 is 11.7 Å². The fraction of sp³-hybridized carbons (Fsp3) is 0.333. The van der Waals surface area contributed by atoms with Gasteiger partial charge in [0.25, 0.3) is 0 Å². The van der Waals surface area contributed by atoms with Crippen LogP contribution in [0.5, 0.6) is 0 Å². The summed E-state index contributed by atoms with van der Waals surface area (Å²) in [6.07, 6.45) is 2.47. The molecule has 2 heterocycles. The van der Waals surface area contributed by atoms with Gasteiger partial charge < -0.3 is 9.84 Å². The number of allylic oxidation sites excluding steroid dienone is 1. The maximum atomic E-state index is 11.6. The molecule has 1 aliphatic heterocycles. The van der Waals surface area contributed by atoms with E-state index in [4.69, 9.17) is 0 Å². The average Bonchev–Trinajstić information content (AvgIpc) is 2.30. The second kappa shape index (κ2) is 3.96. The van der Waals surface area contributed by atoms with Crippen LogP contribution in [0.3, 0.4) is 0 Å². The summed E-state index contributed by atoms with van der Waals surface area (Å²) in [6.45, 7) is 1.88. The number of aromatic nitrogens is 1. The molecule has 16 heavy (non-hydrogen) atoms. The first-order chi connectivity index (χ1) is 7.65. The number of carbonyl (C=O) groups excluding carboxylic acids is 1. The Bertz CT molecular complexity index is 465. The molecule has 0 amide bonds. The summed E-state index contributed by atoms with van der Waals surface area (Å²) in [5, 5.41) is 9.94. The molecule has 0 radical (unpaired) electrons. The van der Waals surface area contributed by atoms with Crippen molar-refractivity contribution < 1.29 is 19.2 Å². The van der Waals surface area contributed by atoms with Crippen LogP contribution in [0.1, 0.15) is 12.6 Å². The van der Waals surface area contributed by atoms with Gasteiger partial charge in [0.05, 0.1) is 7.11 Å². The highest BCUT2D eigenvalue weighted by molar-refractivity contribution is 6.06. The number of nitrogens with zero attached hydrogens (tertiary/aromatic N) is 1. The number of aliphatic hydroxyl groups excluding tert-OH is 1. The van der Waals surface area contributed by atoms with Crippen LogP contribution in [0.25, 0.3) is 5.70 Å². The predicted octanol–water partition coefficient (Wildman–Crippen LogP) is 1.07. The van der Waals surface area contributed by atoms with E-state index in [1.165, 1.54) is 7.11 Å². The molecule has 0 fully saturated rings. The molecule has 0 aromatic carbocycles. The lowest BCUT2D eigenvalue weighted by atomic mass is 9.97. The molecule has 0 spiro atoms. The van der Waals surface area contributed by atoms with Gasteiger partial charge in [0.1, 0.15) is 0 Å². The van der Waals surface area contributed by atoms with Crippen LogP contribution in [0.4, 0.5) is 0 Å². The Balaban J connectivity index is 2.60. The molecule has 4 heteroatoms. The Labute approximate surface area is 93.8 Å². The molecule has 0 saturated carbocycles. The van der Waals surface area contributed by atoms with E-state index in [9.17, 15) is 9.90 Å². The fourth-order valence-electron chi connectivity index (χ4n) is 1.93. The lowest BCUT2D eigenvalue weighted by molar-refractivity contribution is -0.592. The van der Waals surface area contributed by atoms with Crippen LogP contribution in [0.15, 0.2) is 30.2 Å². The van der Waals surface area contributed by atoms with E-state index in [-0.39, 0.29) is 17.4 Å². The van der Waals surface area contributed by atoms with Crippen LogP contribution in [0, 0.1) is 5.92 Å². The molecule has 2 rings (SSSR count). The van der Waals surface area contributed by atoms with Crippen molar-refractivity contribution in [3.05, 3.63) is 35.8 Å². The summed E-state index contributed by atoms with van der Waals surface area (Å²) >= 11 is 0. The van der Waals surface area contributed by atoms with Crippen molar-refractivity contribution in [3.8, 4) is 0 Å². The first-order valence-electron chi connectivity index (χ1n) is 5.16. The van der Waals surface area contributed by atoms with Gasteiger partial charge in [-0.05, 0) is 0 Å². The molecule has 0 bridgehead atoms. The summed E-state index contributed by atoms with van der Waals surface area (Å²) in [5.41, 5.74) is 1.21. The van der Waals surface area contributed by atoms with Crippen LogP contribution in [-0.4, -0.2) is 18.2 Å². The molecular formula is C12H14NO3+. The minimum atomic E-state index is -0.512. The number of hydrogen-bond donors (Lipinski definition) is 1. The van der Waals surface area contributed by atoms with E-state index in [1.807, 2.05) is 25.1 Å². The summed E-state index contributed by atoms with van der Waals surface area (Å²) < 4.78 is 6.37. The van der Waals surface area contributed by atoms with Gasteiger partial charge in [0.15, 0.2) is 17.6 Å². The molecular weight excluding hydrogens is 206 g/mol. The predicted molar refractivity (Wildman–Crippen MR) is 57.4 cm³/mol. The van der Waals surface area contributed by atoms with Crippen molar-refractivity contribution in [1.29, 1.82) is 0 Å². The Morgan fingerprint density at radius 1 is 1.56 bits per heavy atom. The third kappa shape index (κ3) is 1.56. The standard InChI is InChI=1S/C12H13NO3/c1-8-7-9-5-3-4-6-13(9)10(11(8)14)12(15)16-2/h3-6,8H,7H2,1-2H3/p+1. The number of methoxy groups -OCH3 is 1. The van der Waals surface area contributed by atoms with Gasteiger partial charge in [-0.25, -0.2) is 4.79 Å². The molecule has 1 aromatic rings. The third-order valence-corrected chi connectivity index (χ3v) is 2.79. The van der Waals surface area contributed by atoms with Gasteiger partial charge in [0, 0.05) is 24.5 Å². The topological polar surface area (TPSA) is 50.4 Å². The summed E-state index contributed by atoms with van der Waals surface area (Å²) in [6, 6.07) is 5.66. The molecule has 1 N–H and O–H groups in total. The maximum Gasteiger partial charge on any atom is 0.407 e. The molecule has 4 nitrogen and oxygen atoms in total. The highest BCUT2D eigenvalue weighted by atomic mass is 16.5. The van der Waals surface area contributed by atoms with Crippen LogP contribution < -0.4 is 4.57 Å². The summed E-state index contributed by atoms with van der Waals surface area (Å²) in [7, 11) is 1.31. The number of pyridine rings is 1. The number of rotatable bonds is 1. The van der Waals surface area contributed by atoms with E-state index in [0.717, 1.165) is 5.69 Å². The average molecular weight is 220 g/mol. The molecule has 1 atom stereocenters. The lowest BCUT2D eigenvalue weighted by Crippen LogP contribution is -2.45. The number of aliphatic hydroxyl groups is 1. The minimum Gasteiger partial charge on any atom is -0.506 e. The van der Waals surface area contributed by atoms with Gasteiger partial charge in [-0.1, -0.05) is 13.0 Å². The maximum absolute atomic E-state index is 11.6. The molecule has 1 unspecified atom stereocenters. The number of esters is 1. The number of hydrogen-bond acceptors (Lipinski definition) is 3. The fourth-order valence-corrected chi connectivity index (χ4v) is 1.93. The third-order valence-electron chi connectivity index (χ3n) is 2.79. The molecule has 0 saturated heterocycles. The Morgan fingerprint density at radius 2 is 2.31 bits per heavy atom. The molecule has 84 valence electrons. The first-order valence-corrected chi connectivity index (χ1v) is 5.16. The minimum absolute atomic E-state index is 0.0588. The number of carbonyl (C=O) groups is 1. The van der Waals surface area contributed by atoms with Crippen molar-refractivity contribution in [2.45, 2.75) is 13.3 Å². The van der Waals surface area contributed by atoms with E-state index in [0.29, 0.717) is 6.42 Å². The zero-order valence-electron chi connectivity index (χ0n) is 9.30. The van der Waals surface area contributed by atoms with Crippen molar-refractivity contribution in [2.24, 2.45) is 5.92 Å². The highest BCUT2D eigenvalue weighted by Crippen LogP contribution is 2.22. The van der Waals surface area contributed by atoms with E-state index in [2.05, 4.69) is 4.74 Å². The second-order valence-corrected chi connectivity index (χ2v) is 3.89. The van der Waals surface area contributed by atoms with E-state index < -0.39 is 5.97 Å². The van der Waals surface area contributed by atoms with Gasteiger partial charge in [0.2, 0.25) is 0 Å². The molecule has 0 aliphatic carbocycles. The summed E-state index contributed by atoms with van der Waals surface area (Å²) in [4.78, 5) is 11.6. The Kier molecular flexibility index (Phi) is 2.64. The normalized spacial score (nSPS) is 19.2. The Hall–Kier alpha value is -1.84. The quantitative estimate of drug-likeness (QED) is 0.569. The van der Waals surface area contributed by atoms with Gasteiger partial charge in [-0.2, -0.15) is 4.57 Å². The monoisotopic (exact) mass is 220 g/mol. The van der Waals surface area contributed by atoms with Crippen molar-refractivity contribution in [2.75, 3.05) is 7.11 Å². The zero-order valence-corrected chi connectivity index (χ0v) is 9.30. The first kappa shape index (κ1) is 10.7. The SMILES string of the molecule is COC(=O)C1=C(O)C(C)Cc2cccc[n+]21. The van der Waals surface area contributed by atoms with Crippen molar-refractivity contribution in [1.82, 2.24) is 0 Å². The molecule has 1 aliphatic rings. The van der Waals surface area contributed by atoms with Gasteiger partial charge in [-0.15, -0.1) is 0 Å².